The molecule has 7 heteroatoms. The van der Waals surface area contributed by atoms with E-state index >= 15 is 0 Å². The second-order valence-corrected chi connectivity index (χ2v) is 6.33. The van der Waals surface area contributed by atoms with Gasteiger partial charge >= 0.3 is 0 Å². The van der Waals surface area contributed by atoms with Crippen molar-refractivity contribution in [3.8, 4) is 0 Å². The topological polar surface area (TPSA) is 83.6 Å². The Morgan fingerprint density at radius 3 is 1.95 bits per heavy atom. The van der Waals surface area contributed by atoms with E-state index in [1.165, 1.54) is 36.4 Å². The molecule has 1 aromatic rings. The van der Waals surface area contributed by atoms with Crippen LogP contribution in [0.2, 0.25) is 0 Å². The van der Waals surface area contributed by atoms with Gasteiger partial charge in [-0.2, -0.15) is 0 Å². The highest BCUT2D eigenvalue weighted by Gasteiger charge is 2.25. The van der Waals surface area contributed by atoms with E-state index in [4.69, 9.17) is 0 Å². The number of amides is 2. The smallest absolute Gasteiger partial charge is 0.258 e. The second kappa shape index (κ2) is 5.18. The first-order chi connectivity index (χ1) is 9.31. The van der Waals surface area contributed by atoms with Gasteiger partial charge in [-0.1, -0.05) is 0 Å². The number of nitrogens with one attached hydrogen (secondary N) is 1. The van der Waals surface area contributed by atoms with Crippen molar-refractivity contribution >= 4 is 27.5 Å². The Morgan fingerprint density at radius 2 is 1.50 bits per heavy atom. The molecule has 0 fully saturated rings. The molecule has 2 amide bonds. The molecule has 106 valence electrons. The maximum Gasteiger partial charge on any atom is 0.258 e. The molecule has 0 aliphatic carbocycles. The van der Waals surface area contributed by atoms with E-state index in [-0.39, 0.29) is 10.9 Å². The van der Waals surface area contributed by atoms with Crippen molar-refractivity contribution in [2.45, 2.75) is 24.8 Å². The average Bonchev–Trinajstić information content (AvgIpc) is 2.68. The van der Waals surface area contributed by atoms with Crippen molar-refractivity contribution in [3.63, 3.8) is 0 Å². The summed E-state index contributed by atoms with van der Waals surface area (Å²) in [5.74, 6) is -0.878. The molecule has 1 heterocycles. The summed E-state index contributed by atoms with van der Waals surface area (Å²) in [4.78, 5) is 24.1. The van der Waals surface area contributed by atoms with Crippen molar-refractivity contribution < 1.29 is 18.0 Å². The fourth-order valence-corrected chi connectivity index (χ4v) is 3.06. The molecule has 1 N–H and O–H groups in total. The highest BCUT2D eigenvalue weighted by Crippen LogP contribution is 2.21. The molecule has 6 nitrogen and oxygen atoms in total. The van der Waals surface area contributed by atoms with Gasteiger partial charge in [0, 0.05) is 18.2 Å². The first-order valence-electron chi connectivity index (χ1n) is 6.00. The molecule has 2 rings (SSSR count). The quantitative estimate of drug-likeness (QED) is 0.833. The van der Waals surface area contributed by atoms with Gasteiger partial charge in [0.25, 0.3) is 11.8 Å². The van der Waals surface area contributed by atoms with Crippen molar-refractivity contribution in [1.29, 1.82) is 0 Å². The molecule has 1 aliphatic rings. The Balaban J connectivity index is 2.27. The molecular weight excluding hydrogens is 280 g/mol. The predicted molar refractivity (Wildman–Crippen MR) is 73.5 cm³/mol. The molecule has 1 aliphatic heterocycles. The molecule has 0 radical (unpaired) electrons. The molecule has 20 heavy (non-hydrogen) atoms. The van der Waals surface area contributed by atoms with Gasteiger partial charge in [-0.3, -0.25) is 9.59 Å². The number of sulfonamides is 1. The molecule has 0 unspecified atom stereocenters. The summed E-state index contributed by atoms with van der Waals surface area (Å²) in [5, 5.41) is 0. The fraction of sp³-hybridized carbons (Fsp3) is 0.231. The standard InChI is InChI=1S/C13H14N2O4S/c1-9(2)14-20(18,19)11-5-3-10(4-6-11)15-12(16)7-8-13(15)17/h3-9,14H,1-2H3. The molecule has 1 aromatic carbocycles. The zero-order valence-electron chi connectivity index (χ0n) is 11.0. The summed E-state index contributed by atoms with van der Waals surface area (Å²) in [6, 6.07) is 5.36. The minimum Gasteiger partial charge on any atom is -0.269 e. The van der Waals surface area contributed by atoms with Gasteiger partial charge in [-0.25, -0.2) is 18.0 Å². The first-order valence-corrected chi connectivity index (χ1v) is 7.48. The Labute approximate surface area is 117 Å². The number of hydrogen-bond acceptors (Lipinski definition) is 4. The summed E-state index contributed by atoms with van der Waals surface area (Å²) in [5.41, 5.74) is 0.341. The van der Waals surface area contributed by atoms with Gasteiger partial charge < -0.3 is 0 Å². The number of imide groups is 1. The minimum absolute atomic E-state index is 0.0852. The van der Waals surface area contributed by atoms with E-state index in [0.717, 1.165) is 4.90 Å². The van der Waals surface area contributed by atoms with E-state index in [1.807, 2.05) is 0 Å². The van der Waals surface area contributed by atoms with Crippen LogP contribution in [0.4, 0.5) is 5.69 Å². The Hall–Kier alpha value is -1.99. The Kier molecular flexibility index (Phi) is 3.74. The lowest BCUT2D eigenvalue weighted by atomic mass is 10.3. The summed E-state index contributed by atoms with van der Waals surface area (Å²) in [7, 11) is -3.58. The minimum atomic E-state index is -3.58. The van der Waals surface area contributed by atoms with Gasteiger partial charge in [-0.15, -0.1) is 0 Å². The summed E-state index contributed by atoms with van der Waals surface area (Å²) < 4.78 is 26.3. The highest BCUT2D eigenvalue weighted by atomic mass is 32.2. The molecule has 0 saturated carbocycles. The van der Waals surface area contributed by atoms with Crippen molar-refractivity contribution in [3.05, 3.63) is 36.4 Å². The van der Waals surface area contributed by atoms with Crippen LogP contribution in [-0.2, 0) is 19.6 Å². The summed E-state index contributed by atoms with van der Waals surface area (Å²) in [6.45, 7) is 3.44. The average molecular weight is 294 g/mol. The third kappa shape index (κ3) is 2.78. The zero-order chi connectivity index (χ0) is 14.9. The third-order valence-electron chi connectivity index (χ3n) is 2.61. The highest BCUT2D eigenvalue weighted by molar-refractivity contribution is 7.89. The lowest BCUT2D eigenvalue weighted by Crippen LogP contribution is -2.31. The van der Waals surface area contributed by atoms with Gasteiger partial charge in [-0.05, 0) is 38.1 Å². The maximum atomic E-state index is 11.9. The van der Waals surface area contributed by atoms with Crippen LogP contribution >= 0.6 is 0 Å². The molecule has 0 aromatic heterocycles. The van der Waals surface area contributed by atoms with Crippen LogP contribution < -0.4 is 9.62 Å². The van der Waals surface area contributed by atoms with E-state index in [0.29, 0.717) is 5.69 Å². The zero-order valence-corrected chi connectivity index (χ0v) is 11.8. The lowest BCUT2D eigenvalue weighted by Gasteiger charge is -2.15. The second-order valence-electron chi connectivity index (χ2n) is 4.62. The van der Waals surface area contributed by atoms with Gasteiger partial charge in [0.2, 0.25) is 10.0 Å². The van der Waals surface area contributed by atoms with Crippen molar-refractivity contribution in [1.82, 2.24) is 4.72 Å². The van der Waals surface area contributed by atoms with E-state index in [1.54, 1.807) is 13.8 Å². The van der Waals surface area contributed by atoms with Gasteiger partial charge in [0.05, 0.1) is 10.6 Å². The SMILES string of the molecule is CC(C)NS(=O)(=O)c1ccc(N2C(=O)C=CC2=O)cc1. The van der Waals surface area contributed by atoms with Crippen molar-refractivity contribution in [2.75, 3.05) is 4.90 Å². The van der Waals surface area contributed by atoms with Crippen LogP contribution in [0.15, 0.2) is 41.3 Å². The summed E-state index contributed by atoms with van der Waals surface area (Å²) in [6.07, 6.45) is 2.35. The van der Waals surface area contributed by atoms with Gasteiger partial charge in [0.1, 0.15) is 0 Å². The van der Waals surface area contributed by atoms with E-state index in [9.17, 15) is 18.0 Å². The number of nitrogens with zero attached hydrogens (tertiary/aromatic N) is 1. The number of rotatable bonds is 4. The first kappa shape index (κ1) is 14.4. The number of carbonyl (C=O) groups excluding carboxylic acids is 2. The molecule has 0 bridgehead atoms. The van der Waals surface area contributed by atoms with Crippen LogP contribution in [0.25, 0.3) is 0 Å². The van der Waals surface area contributed by atoms with Crippen LogP contribution in [0.1, 0.15) is 13.8 Å². The molecule has 0 saturated heterocycles. The number of hydrogen-bond donors (Lipinski definition) is 1. The van der Waals surface area contributed by atoms with E-state index < -0.39 is 21.8 Å². The van der Waals surface area contributed by atoms with Crippen molar-refractivity contribution in [2.24, 2.45) is 0 Å². The molecule has 0 atom stereocenters. The Morgan fingerprint density at radius 1 is 1.00 bits per heavy atom. The summed E-state index contributed by atoms with van der Waals surface area (Å²) >= 11 is 0. The van der Waals surface area contributed by atoms with Crippen LogP contribution in [-0.4, -0.2) is 26.3 Å². The largest absolute Gasteiger partial charge is 0.269 e. The Bertz CT molecular complexity index is 657. The normalized spacial score (nSPS) is 15.4. The monoisotopic (exact) mass is 294 g/mol. The third-order valence-corrected chi connectivity index (χ3v) is 4.28. The fourth-order valence-electron chi connectivity index (χ4n) is 1.81. The maximum absolute atomic E-state index is 11.9. The number of carbonyl (C=O) groups is 2. The van der Waals surface area contributed by atoms with Crippen LogP contribution in [0.5, 0.6) is 0 Å². The molecular formula is C13H14N2O4S. The predicted octanol–water partition coefficient (Wildman–Crippen LogP) is 0.803. The van der Waals surface area contributed by atoms with Gasteiger partial charge in [0.15, 0.2) is 0 Å². The number of benzene rings is 1. The van der Waals surface area contributed by atoms with Crippen LogP contribution in [0, 0.1) is 0 Å². The molecule has 0 spiro atoms. The number of anilines is 1. The van der Waals surface area contributed by atoms with Crippen LogP contribution in [0.3, 0.4) is 0 Å². The lowest BCUT2D eigenvalue weighted by molar-refractivity contribution is -0.119. The van der Waals surface area contributed by atoms with E-state index in [2.05, 4.69) is 4.72 Å².